The molecule has 2 fully saturated rings. The van der Waals surface area contributed by atoms with E-state index in [-0.39, 0.29) is 17.7 Å². The number of hydrogen-bond acceptors (Lipinski definition) is 4. The molecule has 8 heteroatoms. The third-order valence-corrected chi connectivity index (χ3v) is 7.26. The Labute approximate surface area is 153 Å². The molecule has 142 valence electrons. The van der Waals surface area contributed by atoms with E-state index in [0.29, 0.717) is 49.2 Å². The van der Waals surface area contributed by atoms with Crippen LogP contribution in [-0.2, 0) is 14.8 Å². The molecule has 3 rings (SSSR count). The number of carboxylic acids is 1. The normalized spacial score (nSPS) is 25.3. The summed E-state index contributed by atoms with van der Waals surface area (Å²) in [6, 6.07) is 4.66. The molecule has 0 aromatic heterocycles. The van der Waals surface area contributed by atoms with E-state index in [1.54, 1.807) is 36.9 Å². The smallest absolute Gasteiger partial charge is 0.308 e. The number of rotatable bonds is 3. The van der Waals surface area contributed by atoms with E-state index in [9.17, 15) is 23.1 Å². The number of aryl methyl sites for hydroxylation is 1. The highest BCUT2D eigenvalue weighted by molar-refractivity contribution is 7.93. The largest absolute Gasteiger partial charge is 0.481 e. The summed E-state index contributed by atoms with van der Waals surface area (Å²) in [5.41, 5.74) is 1.76. The summed E-state index contributed by atoms with van der Waals surface area (Å²) < 4.78 is 25.5. The summed E-state index contributed by atoms with van der Waals surface area (Å²) in [5, 5.41) is 9.34. The predicted molar refractivity (Wildman–Crippen MR) is 97.8 cm³/mol. The lowest BCUT2D eigenvalue weighted by Gasteiger charge is -2.37. The zero-order valence-electron chi connectivity index (χ0n) is 15.0. The molecule has 0 unspecified atom stereocenters. The predicted octanol–water partition coefficient (Wildman–Crippen LogP) is 1.86. The van der Waals surface area contributed by atoms with Crippen LogP contribution < -0.4 is 4.31 Å². The highest BCUT2D eigenvalue weighted by atomic mass is 32.2. The van der Waals surface area contributed by atoms with Crippen LogP contribution in [0.4, 0.5) is 5.69 Å². The Kier molecular flexibility index (Phi) is 4.96. The Morgan fingerprint density at radius 1 is 1.19 bits per heavy atom. The number of benzene rings is 1. The summed E-state index contributed by atoms with van der Waals surface area (Å²) in [6.45, 7) is 4.54. The number of amides is 1. The molecule has 1 N–H and O–H groups in total. The van der Waals surface area contributed by atoms with Crippen LogP contribution in [0.5, 0.6) is 0 Å². The van der Waals surface area contributed by atoms with Gasteiger partial charge in [0.1, 0.15) is 0 Å². The molecule has 0 bridgehead atoms. The molecule has 2 saturated heterocycles. The van der Waals surface area contributed by atoms with Gasteiger partial charge < -0.3 is 10.0 Å². The van der Waals surface area contributed by atoms with Crippen LogP contribution in [0.2, 0.25) is 0 Å². The topological polar surface area (TPSA) is 95.0 Å². The monoisotopic (exact) mass is 380 g/mol. The van der Waals surface area contributed by atoms with Crippen LogP contribution >= 0.6 is 0 Å². The zero-order valence-corrected chi connectivity index (χ0v) is 15.8. The van der Waals surface area contributed by atoms with Crippen molar-refractivity contribution in [2.75, 3.05) is 23.1 Å². The van der Waals surface area contributed by atoms with Gasteiger partial charge in [0, 0.05) is 24.7 Å². The maximum atomic E-state index is 13.0. The second kappa shape index (κ2) is 6.90. The lowest BCUT2D eigenvalue weighted by Crippen LogP contribution is -2.49. The van der Waals surface area contributed by atoms with E-state index in [2.05, 4.69) is 0 Å². The molecule has 2 atom stereocenters. The van der Waals surface area contributed by atoms with Gasteiger partial charge in [-0.15, -0.1) is 0 Å². The molecule has 1 aromatic rings. The first kappa shape index (κ1) is 18.7. The van der Waals surface area contributed by atoms with Gasteiger partial charge in [0.2, 0.25) is 10.0 Å². The molecule has 1 amide bonds. The average molecular weight is 380 g/mol. The second-order valence-corrected chi connectivity index (χ2v) is 9.08. The Hall–Kier alpha value is -2.09. The number of sulfonamides is 1. The van der Waals surface area contributed by atoms with Crippen molar-refractivity contribution in [1.82, 2.24) is 4.90 Å². The first-order chi connectivity index (χ1) is 12.2. The van der Waals surface area contributed by atoms with Gasteiger partial charge in [0.15, 0.2) is 0 Å². The minimum absolute atomic E-state index is 0.147. The molecule has 26 heavy (non-hydrogen) atoms. The van der Waals surface area contributed by atoms with Crippen molar-refractivity contribution in [3.63, 3.8) is 0 Å². The van der Waals surface area contributed by atoms with E-state index in [4.69, 9.17) is 0 Å². The van der Waals surface area contributed by atoms with Crippen LogP contribution in [0, 0.1) is 12.8 Å². The van der Waals surface area contributed by atoms with Crippen LogP contribution in [0.1, 0.15) is 42.1 Å². The zero-order chi connectivity index (χ0) is 19.1. The maximum Gasteiger partial charge on any atom is 0.308 e. The van der Waals surface area contributed by atoms with E-state index in [1.165, 1.54) is 4.31 Å². The van der Waals surface area contributed by atoms with Gasteiger partial charge in [0.05, 0.1) is 17.4 Å². The first-order valence-electron chi connectivity index (χ1n) is 8.87. The Bertz CT molecular complexity index is 836. The van der Waals surface area contributed by atoms with Crippen LogP contribution in [0.15, 0.2) is 18.2 Å². The molecule has 0 radical (unpaired) electrons. The van der Waals surface area contributed by atoms with Crippen molar-refractivity contribution in [3.8, 4) is 0 Å². The number of hydrogen-bond donors (Lipinski definition) is 1. The van der Waals surface area contributed by atoms with Crippen molar-refractivity contribution in [2.45, 2.75) is 39.2 Å². The second-order valence-electron chi connectivity index (χ2n) is 7.07. The third kappa shape index (κ3) is 3.30. The minimum Gasteiger partial charge on any atom is -0.481 e. The van der Waals surface area contributed by atoms with Crippen molar-refractivity contribution in [3.05, 3.63) is 29.3 Å². The molecule has 0 saturated carbocycles. The molecule has 2 aliphatic rings. The van der Waals surface area contributed by atoms with Gasteiger partial charge in [-0.25, -0.2) is 8.42 Å². The Balaban J connectivity index is 1.85. The number of piperidine rings is 1. The highest BCUT2D eigenvalue weighted by Gasteiger charge is 2.36. The molecule has 1 aromatic carbocycles. The van der Waals surface area contributed by atoms with E-state index in [0.717, 1.165) is 0 Å². The van der Waals surface area contributed by atoms with Gasteiger partial charge in [-0.2, -0.15) is 0 Å². The lowest BCUT2D eigenvalue weighted by molar-refractivity contribution is -0.144. The standard InChI is InChI=1S/C18H24N2O5S/c1-12-11-14(20-9-4-10-26(20,24)25)6-7-15(12)17(21)19-8-3-5-16(13(19)2)18(22)23/h6-7,11,13,16H,3-5,8-10H2,1-2H3,(H,22,23)/t13-,16-/m1/s1. The van der Waals surface area contributed by atoms with Gasteiger partial charge >= 0.3 is 5.97 Å². The molecule has 2 aliphatic heterocycles. The van der Waals surface area contributed by atoms with Crippen molar-refractivity contribution in [1.29, 1.82) is 0 Å². The van der Waals surface area contributed by atoms with Crippen LogP contribution in [0.25, 0.3) is 0 Å². The number of anilines is 1. The number of nitrogens with zero attached hydrogens (tertiary/aromatic N) is 2. The quantitative estimate of drug-likeness (QED) is 0.864. The summed E-state index contributed by atoms with van der Waals surface area (Å²) in [5.74, 6) is -1.48. The fourth-order valence-corrected chi connectivity index (χ4v) is 5.44. The third-order valence-electron chi connectivity index (χ3n) is 5.39. The molecular weight excluding hydrogens is 356 g/mol. The van der Waals surface area contributed by atoms with Gasteiger partial charge in [-0.3, -0.25) is 13.9 Å². The SMILES string of the molecule is Cc1cc(N2CCCS2(=O)=O)ccc1C(=O)N1CCC[C@@H](C(=O)O)[C@H]1C. The first-order valence-corrected chi connectivity index (χ1v) is 10.5. The maximum absolute atomic E-state index is 13.0. The van der Waals surface area contributed by atoms with E-state index >= 15 is 0 Å². The van der Waals surface area contributed by atoms with Crippen molar-refractivity contribution in [2.24, 2.45) is 5.92 Å². The molecular formula is C18H24N2O5S. The molecule has 0 spiro atoms. The number of aliphatic carboxylic acids is 1. The molecule has 7 nitrogen and oxygen atoms in total. The van der Waals surface area contributed by atoms with Crippen molar-refractivity contribution < 1.29 is 23.1 Å². The number of carboxylic acid groups (broad SMARTS) is 1. The average Bonchev–Trinajstić information content (AvgIpc) is 2.93. The molecule has 0 aliphatic carbocycles. The Morgan fingerprint density at radius 2 is 1.92 bits per heavy atom. The summed E-state index contributed by atoms with van der Waals surface area (Å²) in [7, 11) is -3.26. The van der Waals surface area contributed by atoms with Crippen LogP contribution in [0.3, 0.4) is 0 Å². The fraction of sp³-hybridized carbons (Fsp3) is 0.556. The number of carbonyl (C=O) groups excluding carboxylic acids is 1. The highest BCUT2D eigenvalue weighted by Crippen LogP contribution is 2.29. The summed E-state index contributed by atoms with van der Waals surface area (Å²) in [6.07, 6.45) is 1.84. The van der Waals surface area contributed by atoms with Gasteiger partial charge in [-0.05, 0) is 56.9 Å². The van der Waals surface area contributed by atoms with Gasteiger partial charge in [0.25, 0.3) is 5.91 Å². The van der Waals surface area contributed by atoms with Crippen LogP contribution in [-0.4, -0.2) is 55.2 Å². The molecule has 2 heterocycles. The number of carbonyl (C=O) groups is 2. The van der Waals surface area contributed by atoms with Crippen molar-refractivity contribution >= 4 is 27.6 Å². The lowest BCUT2D eigenvalue weighted by atomic mass is 9.89. The summed E-state index contributed by atoms with van der Waals surface area (Å²) in [4.78, 5) is 26.0. The minimum atomic E-state index is -3.26. The van der Waals surface area contributed by atoms with E-state index < -0.39 is 21.9 Å². The fourth-order valence-electron chi connectivity index (χ4n) is 3.89. The van der Waals surface area contributed by atoms with E-state index in [1.807, 2.05) is 0 Å². The number of likely N-dealkylation sites (tertiary alicyclic amines) is 1. The Morgan fingerprint density at radius 3 is 2.50 bits per heavy atom. The summed E-state index contributed by atoms with van der Waals surface area (Å²) >= 11 is 0. The van der Waals surface area contributed by atoms with Gasteiger partial charge in [-0.1, -0.05) is 0 Å².